The van der Waals surface area contributed by atoms with E-state index in [2.05, 4.69) is 18.7 Å². The number of esters is 1. The average molecular weight is 419 g/mol. The van der Waals surface area contributed by atoms with Crippen molar-refractivity contribution in [2.75, 3.05) is 5.75 Å². The maximum atomic E-state index is 13.5. The molecule has 6 rings (SSSR count). The highest BCUT2D eigenvalue weighted by Gasteiger charge is 2.64. The molecular formula is C21H30N4O3S. The summed E-state index contributed by atoms with van der Waals surface area (Å²) in [5.41, 5.74) is 11.6. The van der Waals surface area contributed by atoms with Crippen LogP contribution < -0.4 is 11.5 Å². The smallest absolute Gasteiger partial charge is 0.324 e. The van der Waals surface area contributed by atoms with Gasteiger partial charge in [0, 0.05) is 11.8 Å². The molecule has 6 aliphatic rings. The summed E-state index contributed by atoms with van der Waals surface area (Å²) in [5, 5.41) is 9.49. The van der Waals surface area contributed by atoms with E-state index in [1.165, 1.54) is 0 Å². The second kappa shape index (κ2) is 6.60. The van der Waals surface area contributed by atoms with Crippen LogP contribution in [0.4, 0.5) is 0 Å². The minimum Gasteiger partial charge on any atom is -0.458 e. The summed E-state index contributed by atoms with van der Waals surface area (Å²) in [6.07, 6.45) is 7.03. The molecule has 7 unspecified atom stereocenters. The van der Waals surface area contributed by atoms with E-state index in [-0.39, 0.29) is 29.2 Å². The molecule has 7 nitrogen and oxygen atoms in total. The number of carbonyl (C=O) groups excluding carboxylic acids is 2. The minimum atomic E-state index is -0.731. The van der Waals surface area contributed by atoms with Gasteiger partial charge in [0.15, 0.2) is 0 Å². The highest BCUT2D eigenvalue weighted by atomic mass is 32.1. The number of likely N-dealkylation sites (tertiary alicyclic amines) is 1. The fraction of sp³-hybridized carbons (Fsp3) is 0.857. The van der Waals surface area contributed by atoms with Crippen molar-refractivity contribution in [1.29, 1.82) is 5.26 Å². The van der Waals surface area contributed by atoms with E-state index in [4.69, 9.17) is 16.2 Å². The standard InChI is InChI=1S/C21H30N4O3S/c22-8-14-2-13-3-16(13)25(14)18(26)17(24)20-4-11-1-12(5-20)7-21(6-11,10-20)28-19(27)15(23)9-29/h11-17,29H,1-7,9-10,23-24H2. The lowest BCUT2D eigenvalue weighted by Crippen LogP contribution is -2.66. The number of thiol groups is 1. The maximum absolute atomic E-state index is 13.5. The molecule has 0 spiro atoms. The van der Waals surface area contributed by atoms with E-state index >= 15 is 0 Å². The van der Waals surface area contributed by atoms with Crippen molar-refractivity contribution >= 4 is 24.5 Å². The quantitative estimate of drug-likeness (QED) is 0.452. The highest BCUT2D eigenvalue weighted by Crippen LogP contribution is 2.64. The third-order valence-corrected chi connectivity index (χ3v) is 8.70. The molecule has 0 radical (unpaired) electrons. The zero-order valence-corrected chi connectivity index (χ0v) is 17.5. The first-order chi connectivity index (χ1) is 13.8. The Morgan fingerprint density at radius 3 is 2.48 bits per heavy atom. The Balaban J connectivity index is 1.39. The lowest BCUT2D eigenvalue weighted by molar-refractivity contribution is -0.206. The van der Waals surface area contributed by atoms with Gasteiger partial charge in [-0.25, -0.2) is 0 Å². The number of hydrogen-bond acceptors (Lipinski definition) is 7. The van der Waals surface area contributed by atoms with Gasteiger partial charge in [-0.05, 0) is 74.5 Å². The molecule has 4 N–H and O–H groups in total. The molecule has 1 amide bonds. The molecule has 5 aliphatic carbocycles. The number of ether oxygens (including phenoxy) is 1. The third-order valence-electron chi connectivity index (χ3n) is 8.30. The minimum absolute atomic E-state index is 0.0722. The molecule has 6 fully saturated rings. The summed E-state index contributed by atoms with van der Waals surface area (Å²) < 4.78 is 6.01. The molecule has 5 saturated carbocycles. The number of piperidine rings is 1. The van der Waals surface area contributed by atoms with Crippen LogP contribution >= 0.6 is 12.6 Å². The van der Waals surface area contributed by atoms with Crippen molar-refractivity contribution in [1.82, 2.24) is 4.90 Å². The number of amides is 1. The predicted octanol–water partition coefficient (Wildman–Crippen LogP) is 0.966. The first-order valence-corrected chi connectivity index (χ1v) is 11.5. The van der Waals surface area contributed by atoms with E-state index < -0.39 is 23.7 Å². The van der Waals surface area contributed by atoms with E-state index in [9.17, 15) is 14.9 Å². The topological polar surface area (TPSA) is 122 Å². The van der Waals surface area contributed by atoms with E-state index in [1.54, 1.807) is 4.90 Å². The summed E-state index contributed by atoms with van der Waals surface area (Å²) in [7, 11) is 0. The number of carbonyl (C=O) groups is 2. The lowest BCUT2D eigenvalue weighted by atomic mass is 9.46. The Kier molecular flexibility index (Phi) is 4.47. The van der Waals surface area contributed by atoms with Crippen LogP contribution in [0.25, 0.3) is 0 Å². The summed E-state index contributed by atoms with van der Waals surface area (Å²) in [5.74, 6) is 1.10. The molecule has 7 atom stereocenters. The van der Waals surface area contributed by atoms with Crippen molar-refractivity contribution in [3.05, 3.63) is 0 Å². The Hall–Kier alpha value is -1.30. The van der Waals surface area contributed by atoms with Crippen LogP contribution in [0.2, 0.25) is 0 Å². The molecule has 8 heteroatoms. The molecule has 1 aliphatic heterocycles. The van der Waals surface area contributed by atoms with Crippen LogP contribution in [0.1, 0.15) is 51.4 Å². The highest BCUT2D eigenvalue weighted by molar-refractivity contribution is 7.80. The van der Waals surface area contributed by atoms with Crippen LogP contribution in [0.15, 0.2) is 0 Å². The average Bonchev–Trinajstić information content (AvgIpc) is 3.34. The van der Waals surface area contributed by atoms with Crippen LogP contribution in [-0.4, -0.2) is 52.3 Å². The summed E-state index contributed by atoms with van der Waals surface area (Å²) in [6.45, 7) is 0. The van der Waals surface area contributed by atoms with Crippen molar-refractivity contribution in [2.24, 2.45) is 34.6 Å². The zero-order valence-electron chi connectivity index (χ0n) is 16.6. The molecular weight excluding hydrogens is 388 g/mol. The van der Waals surface area contributed by atoms with Crippen LogP contribution in [0, 0.1) is 34.5 Å². The van der Waals surface area contributed by atoms with Gasteiger partial charge in [0.25, 0.3) is 0 Å². The molecule has 29 heavy (non-hydrogen) atoms. The number of rotatable bonds is 5. The van der Waals surface area contributed by atoms with Gasteiger partial charge >= 0.3 is 5.97 Å². The second-order valence-electron chi connectivity index (χ2n) is 10.4. The van der Waals surface area contributed by atoms with Gasteiger partial charge in [-0.1, -0.05) is 0 Å². The molecule has 1 saturated heterocycles. The van der Waals surface area contributed by atoms with E-state index in [1.807, 2.05) is 0 Å². The predicted molar refractivity (Wildman–Crippen MR) is 109 cm³/mol. The first kappa shape index (κ1) is 19.7. The van der Waals surface area contributed by atoms with Crippen molar-refractivity contribution < 1.29 is 14.3 Å². The van der Waals surface area contributed by atoms with Crippen LogP contribution in [0.5, 0.6) is 0 Å². The Morgan fingerprint density at radius 1 is 1.17 bits per heavy atom. The fourth-order valence-corrected chi connectivity index (χ4v) is 7.56. The number of nitriles is 1. The third kappa shape index (κ3) is 3.00. The summed E-state index contributed by atoms with van der Waals surface area (Å²) in [6, 6.07) is 0.786. The summed E-state index contributed by atoms with van der Waals surface area (Å²) >= 11 is 4.12. The van der Waals surface area contributed by atoms with Gasteiger partial charge in [-0.3, -0.25) is 9.59 Å². The Morgan fingerprint density at radius 2 is 1.86 bits per heavy atom. The number of nitrogens with zero attached hydrogens (tertiary/aromatic N) is 2. The number of fused-ring (bicyclic) bond motifs is 1. The first-order valence-electron chi connectivity index (χ1n) is 10.9. The van der Waals surface area contributed by atoms with Crippen LogP contribution in [-0.2, 0) is 14.3 Å². The zero-order chi connectivity index (χ0) is 20.6. The lowest BCUT2D eigenvalue weighted by Gasteiger charge is -2.62. The van der Waals surface area contributed by atoms with Crippen molar-refractivity contribution in [2.45, 2.75) is 81.1 Å². The molecule has 0 aromatic heterocycles. The molecule has 1 heterocycles. The monoisotopic (exact) mass is 418 g/mol. The van der Waals surface area contributed by atoms with Gasteiger partial charge in [0.1, 0.15) is 17.7 Å². The second-order valence-corrected chi connectivity index (χ2v) is 10.7. The van der Waals surface area contributed by atoms with E-state index in [0.29, 0.717) is 24.2 Å². The van der Waals surface area contributed by atoms with Crippen molar-refractivity contribution in [3.8, 4) is 6.07 Å². The van der Waals surface area contributed by atoms with Gasteiger partial charge in [0.2, 0.25) is 5.91 Å². The summed E-state index contributed by atoms with van der Waals surface area (Å²) in [4.78, 5) is 27.7. The van der Waals surface area contributed by atoms with Crippen LogP contribution in [0.3, 0.4) is 0 Å². The Bertz CT molecular complexity index is 768. The molecule has 4 bridgehead atoms. The molecule has 0 aromatic carbocycles. The normalized spacial score (nSPS) is 46.0. The SMILES string of the molecule is N#CC1CC2CC2N1C(=O)C(N)C12CC3CC(CC(OC(=O)C(N)CS)(C3)C1)C2. The molecule has 158 valence electrons. The van der Waals surface area contributed by atoms with Crippen molar-refractivity contribution in [3.63, 3.8) is 0 Å². The maximum Gasteiger partial charge on any atom is 0.324 e. The van der Waals surface area contributed by atoms with Gasteiger partial charge < -0.3 is 21.1 Å². The van der Waals surface area contributed by atoms with E-state index in [0.717, 1.165) is 44.9 Å². The fourth-order valence-electron chi connectivity index (χ4n) is 7.41. The van der Waals surface area contributed by atoms with Gasteiger partial charge in [0.05, 0.1) is 12.1 Å². The number of nitrogens with two attached hydrogens (primary N) is 2. The number of hydrogen-bond donors (Lipinski definition) is 3. The Labute approximate surface area is 176 Å². The largest absolute Gasteiger partial charge is 0.458 e. The van der Waals surface area contributed by atoms with Gasteiger partial charge in [-0.2, -0.15) is 17.9 Å². The molecule has 0 aromatic rings. The van der Waals surface area contributed by atoms with Gasteiger partial charge in [-0.15, -0.1) is 0 Å².